The summed E-state index contributed by atoms with van der Waals surface area (Å²) in [4.78, 5) is 24.3. The lowest BCUT2D eigenvalue weighted by atomic mass is 9.63. The SMILES string of the molecule is CC(C)C1=CC=CC2NC(=O)OC(=O)C12c1ccccc1. The summed E-state index contributed by atoms with van der Waals surface area (Å²) in [6.45, 7) is 4.08. The average molecular weight is 283 g/mol. The summed E-state index contributed by atoms with van der Waals surface area (Å²) in [5.74, 6) is -0.355. The number of hydrogen-bond donors (Lipinski definition) is 1. The van der Waals surface area contributed by atoms with E-state index in [-0.39, 0.29) is 5.92 Å². The number of esters is 1. The largest absolute Gasteiger partial charge is 0.415 e. The zero-order valence-corrected chi connectivity index (χ0v) is 12.0. The Balaban J connectivity index is 2.25. The molecule has 3 rings (SSSR count). The molecular formula is C17H17NO3. The number of hydrogen-bond acceptors (Lipinski definition) is 3. The number of amides is 1. The number of benzene rings is 1. The van der Waals surface area contributed by atoms with Crippen LogP contribution in [0.1, 0.15) is 19.4 Å². The van der Waals surface area contributed by atoms with Crippen molar-refractivity contribution in [1.82, 2.24) is 5.32 Å². The smallest absolute Gasteiger partial charge is 0.375 e. The van der Waals surface area contributed by atoms with E-state index in [0.717, 1.165) is 11.1 Å². The van der Waals surface area contributed by atoms with Crippen LogP contribution in [0.4, 0.5) is 4.79 Å². The predicted molar refractivity (Wildman–Crippen MR) is 78.6 cm³/mol. The van der Waals surface area contributed by atoms with Crippen LogP contribution in [0.3, 0.4) is 0 Å². The second-order valence-electron chi connectivity index (χ2n) is 5.63. The minimum absolute atomic E-state index is 0.153. The first-order chi connectivity index (χ1) is 10.1. The fourth-order valence-electron chi connectivity index (χ4n) is 3.26. The van der Waals surface area contributed by atoms with Crippen molar-refractivity contribution in [3.63, 3.8) is 0 Å². The standard InChI is InChI=1S/C17H17NO3/c1-11(2)13-9-6-10-14-17(13,12-7-4-3-5-8-12)15(19)21-16(20)18-14/h3-11,14H,1-2H3,(H,18,20). The number of rotatable bonds is 2. The van der Waals surface area contributed by atoms with Crippen LogP contribution in [0, 0.1) is 5.92 Å². The zero-order chi connectivity index (χ0) is 15.0. The number of alkyl carbamates (subject to hydrolysis) is 1. The molecule has 1 saturated heterocycles. The lowest BCUT2D eigenvalue weighted by Gasteiger charge is -2.45. The number of fused-ring (bicyclic) bond motifs is 1. The van der Waals surface area contributed by atoms with Gasteiger partial charge in [0.05, 0.1) is 6.04 Å². The van der Waals surface area contributed by atoms with Gasteiger partial charge < -0.3 is 10.1 Å². The van der Waals surface area contributed by atoms with Gasteiger partial charge in [-0.05, 0) is 17.1 Å². The van der Waals surface area contributed by atoms with Gasteiger partial charge in [0.2, 0.25) is 0 Å². The molecule has 4 nitrogen and oxygen atoms in total. The molecule has 0 radical (unpaired) electrons. The minimum atomic E-state index is -0.974. The molecular weight excluding hydrogens is 266 g/mol. The van der Waals surface area contributed by atoms with E-state index in [1.54, 1.807) is 0 Å². The fourth-order valence-corrected chi connectivity index (χ4v) is 3.26. The summed E-state index contributed by atoms with van der Waals surface area (Å²) >= 11 is 0. The summed E-state index contributed by atoms with van der Waals surface area (Å²) in [7, 11) is 0. The van der Waals surface area contributed by atoms with Crippen molar-refractivity contribution >= 4 is 12.1 Å². The van der Waals surface area contributed by atoms with Crippen LogP contribution in [0.5, 0.6) is 0 Å². The molecule has 1 fully saturated rings. The molecule has 2 unspecified atom stereocenters. The van der Waals surface area contributed by atoms with E-state index in [9.17, 15) is 9.59 Å². The Morgan fingerprint density at radius 3 is 2.57 bits per heavy atom. The highest BCUT2D eigenvalue weighted by Gasteiger charge is 2.56. The van der Waals surface area contributed by atoms with Gasteiger partial charge in [0.1, 0.15) is 5.41 Å². The van der Waals surface area contributed by atoms with Crippen LogP contribution < -0.4 is 5.32 Å². The van der Waals surface area contributed by atoms with E-state index in [1.807, 2.05) is 62.4 Å². The van der Waals surface area contributed by atoms with Gasteiger partial charge in [-0.2, -0.15) is 0 Å². The second-order valence-corrected chi connectivity index (χ2v) is 5.63. The fraction of sp³-hybridized carbons (Fsp3) is 0.294. The molecule has 108 valence electrons. The van der Waals surface area contributed by atoms with Crippen molar-refractivity contribution in [3.8, 4) is 0 Å². The van der Waals surface area contributed by atoms with Crippen LogP contribution in [-0.2, 0) is 14.9 Å². The number of cyclic esters (lactones) is 2. The van der Waals surface area contributed by atoms with E-state index < -0.39 is 23.5 Å². The Bertz CT molecular complexity index is 645. The third-order valence-corrected chi connectivity index (χ3v) is 4.13. The molecule has 1 N–H and O–H groups in total. The molecule has 1 aliphatic heterocycles. The first kappa shape index (κ1) is 13.6. The maximum atomic E-state index is 12.7. The summed E-state index contributed by atoms with van der Waals surface area (Å²) in [6, 6.07) is 9.07. The Hall–Kier alpha value is -2.36. The molecule has 0 aromatic heterocycles. The molecule has 0 saturated carbocycles. The van der Waals surface area contributed by atoms with Crippen molar-refractivity contribution < 1.29 is 14.3 Å². The number of nitrogens with one attached hydrogen (secondary N) is 1. The highest BCUT2D eigenvalue weighted by molar-refractivity contribution is 5.99. The predicted octanol–water partition coefficient (Wildman–Crippen LogP) is 2.71. The van der Waals surface area contributed by atoms with Crippen molar-refractivity contribution in [2.24, 2.45) is 5.92 Å². The molecule has 1 aromatic carbocycles. The van der Waals surface area contributed by atoms with E-state index in [2.05, 4.69) is 5.32 Å². The first-order valence-corrected chi connectivity index (χ1v) is 7.04. The van der Waals surface area contributed by atoms with Crippen molar-refractivity contribution in [1.29, 1.82) is 0 Å². The maximum Gasteiger partial charge on any atom is 0.415 e. The third-order valence-electron chi connectivity index (χ3n) is 4.13. The van der Waals surface area contributed by atoms with Crippen molar-refractivity contribution in [2.45, 2.75) is 25.3 Å². The van der Waals surface area contributed by atoms with Crippen LogP contribution in [0.2, 0.25) is 0 Å². The van der Waals surface area contributed by atoms with Gasteiger partial charge >= 0.3 is 12.1 Å². The van der Waals surface area contributed by atoms with Crippen LogP contribution in [-0.4, -0.2) is 18.1 Å². The molecule has 2 atom stereocenters. The van der Waals surface area contributed by atoms with Gasteiger partial charge in [0.25, 0.3) is 0 Å². The molecule has 1 heterocycles. The van der Waals surface area contributed by atoms with Crippen LogP contribution in [0.25, 0.3) is 0 Å². The van der Waals surface area contributed by atoms with Crippen LogP contribution >= 0.6 is 0 Å². The number of carbonyl (C=O) groups is 2. The van der Waals surface area contributed by atoms with E-state index in [4.69, 9.17) is 4.74 Å². The summed E-state index contributed by atoms with van der Waals surface area (Å²) in [5, 5.41) is 2.76. The van der Waals surface area contributed by atoms with Gasteiger partial charge in [-0.15, -0.1) is 0 Å². The van der Waals surface area contributed by atoms with E-state index >= 15 is 0 Å². The number of allylic oxidation sites excluding steroid dienone is 2. The van der Waals surface area contributed by atoms with Crippen LogP contribution in [0.15, 0.2) is 54.1 Å². The van der Waals surface area contributed by atoms with Gasteiger partial charge in [-0.3, -0.25) is 4.79 Å². The summed E-state index contributed by atoms with van der Waals surface area (Å²) < 4.78 is 4.93. The molecule has 0 bridgehead atoms. The Kier molecular flexibility index (Phi) is 3.16. The Morgan fingerprint density at radius 2 is 1.90 bits per heavy atom. The number of ether oxygens (including phenoxy) is 1. The number of carbonyl (C=O) groups excluding carboxylic acids is 2. The lowest BCUT2D eigenvalue weighted by Crippen LogP contribution is -2.62. The van der Waals surface area contributed by atoms with Gasteiger partial charge in [-0.25, -0.2) is 4.79 Å². The summed E-state index contributed by atoms with van der Waals surface area (Å²) in [6.07, 6.45) is 5.00. The Labute approximate surface area is 123 Å². The van der Waals surface area contributed by atoms with E-state index in [0.29, 0.717) is 0 Å². The zero-order valence-electron chi connectivity index (χ0n) is 12.0. The lowest BCUT2D eigenvalue weighted by molar-refractivity contribution is -0.146. The second kappa shape index (κ2) is 4.88. The normalized spacial score (nSPS) is 27.8. The monoisotopic (exact) mass is 283 g/mol. The third kappa shape index (κ3) is 1.90. The molecule has 1 aromatic rings. The molecule has 2 aliphatic rings. The molecule has 0 spiro atoms. The Morgan fingerprint density at radius 1 is 1.19 bits per heavy atom. The quantitative estimate of drug-likeness (QED) is 0.670. The van der Waals surface area contributed by atoms with Gasteiger partial charge in [0.15, 0.2) is 0 Å². The topological polar surface area (TPSA) is 55.4 Å². The highest BCUT2D eigenvalue weighted by atomic mass is 16.6. The maximum absolute atomic E-state index is 12.7. The molecule has 21 heavy (non-hydrogen) atoms. The first-order valence-electron chi connectivity index (χ1n) is 7.04. The average Bonchev–Trinajstić information content (AvgIpc) is 2.47. The molecule has 1 aliphatic carbocycles. The molecule has 4 heteroatoms. The minimum Gasteiger partial charge on any atom is -0.375 e. The summed E-state index contributed by atoms with van der Waals surface area (Å²) in [5.41, 5.74) is 0.813. The van der Waals surface area contributed by atoms with Gasteiger partial charge in [0, 0.05) is 0 Å². The van der Waals surface area contributed by atoms with E-state index in [1.165, 1.54) is 0 Å². The van der Waals surface area contributed by atoms with Crippen molar-refractivity contribution in [2.75, 3.05) is 0 Å². The molecule has 1 amide bonds. The van der Waals surface area contributed by atoms with Gasteiger partial charge in [-0.1, -0.05) is 62.4 Å². The van der Waals surface area contributed by atoms with Crippen molar-refractivity contribution in [3.05, 3.63) is 59.7 Å². The highest BCUT2D eigenvalue weighted by Crippen LogP contribution is 2.44.